The van der Waals surface area contributed by atoms with Crippen LogP contribution in [-0.4, -0.2) is 28.7 Å². The fraction of sp³-hybridized carbons (Fsp3) is 0.0917. The number of fused-ring (bicyclic) bond motifs is 21. The van der Waals surface area contributed by atoms with Crippen molar-refractivity contribution in [1.29, 1.82) is 0 Å². The number of hydrogen-bond acceptors (Lipinski definition) is 3. The Labute approximate surface area is 667 Å². The fourth-order valence-electron chi connectivity index (χ4n) is 21.3. The van der Waals surface area contributed by atoms with Crippen molar-refractivity contribution in [2.45, 2.75) is 63.2 Å². The van der Waals surface area contributed by atoms with Crippen molar-refractivity contribution in [1.82, 2.24) is 28.7 Å². The summed E-state index contributed by atoms with van der Waals surface area (Å²) in [7, 11) is 0. The molecule has 6 heteroatoms. The van der Waals surface area contributed by atoms with Crippen molar-refractivity contribution in [3.05, 3.63) is 407 Å². The van der Waals surface area contributed by atoms with Gasteiger partial charge in [-0.05, 0) is 225 Å². The molecule has 0 unspecified atom stereocenters. The average Bonchev–Trinajstić information content (AvgIpc) is 1.53. The molecule has 0 N–H and O–H groups in total. The van der Waals surface area contributed by atoms with Gasteiger partial charge in [0.05, 0.1) is 38.5 Å². The number of para-hydroxylation sites is 3. The fourth-order valence-corrected chi connectivity index (χ4v) is 21.3. The SMILES string of the molecule is CC1(C)c2ccccc2-c2cc(-c3ccc4c(c3)c3ccccc3n4-c3ccc4c(c3)C(c3ccccc3)(c3ccccc3)c3cc(-c5nc(-n6c7ccccc7c7cc(-c8ccc9c(c8)-c8ccccc8C9(C)C)ccc76)nc(-n6c7ccccc7c7cc(-c8ccc9c(c8)-c8ccccc8C9(C)C)ccc76)n5)ccc3-4)ccc21. The summed E-state index contributed by atoms with van der Waals surface area (Å²) in [5, 5.41) is 6.87. The van der Waals surface area contributed by atoms with E-state index < -0.39 is 5.41 Å². The molecule has 0 atom stereocenters. The molecule has 20 aromatic rings. The molecular weight excluding hydrogens is 1390 g/mol. The Bertz CT molecular complexity index is 7340. The summed E-state index contributed by atoms with van der Waals surface area (Å²) in [6.07, 6.45) is 0. The Balaban J connectivity index is 0.701. The van der Waals surface area contributed by atoms with Crippen molar-refractivity contribution in [2.24, 2.45) is 0 Å². The van der Waals surface area contributed by atoms with E-state index in [0.29, 0.717) is 17.7 Å². The third kappa shape index (κ3) is 9.13. The van der Waals surface area contributed by atoms with Gasteiger partial charge in [0.2, 0.25) is 11.9 Å². The summed E-state index contributed by atoms with van der Waals surface area (Å²) in [6, 6.07) is 132. The van der Waals surface area contributed by atoms with Gasteiger partial charge in [0.1, 0.15) is 0 Å². The molecule has 0 bridgehead atoms. The summed E-state index contributed by atoms with van der Waals surface area (Å²) in [5.74, 6) is 1.59. The van der Waals surface area contributed by atoms with Crippen molar-refractivity contribution in [3.8, 4) is 107 Å². The van der Waals surface area contributed by atoms with Crippen LogP contribution in [0.15, 0.2) is 352 Å². The van der Waals surface area contributed by atoms with E-state index in [2.05, 4.69) is 407 Å². The number of hydrogen-bond donors (Lipinski definition) is 0. The van der Waals surface area contributed by atoms with Crippen molar-refractivity contribution in [2.75, 3.05) is 0 Å². The van der Waals surface area contributed by atoms with E-state index in [1.54, 1.807) is 0 Å². The van der Waals surface area contributed by atoms with E-state index in [0.717, 1.165) is 99.3 Å². The topological polar surface area (TPSA) is 53.5 Å². The van der Waals surface area contributed by atoms with Gasteiger partial charge in [0, 0.05) is 59.8 Å². The number of rotatable bonds is 9. The minimum absolute atomic E-state index is 0.0686. The van der Waals surface area contributed by atoms with Crippen LogP contribution in [0.25, 0.3) is 172 Å². The molecule has 0 radical (unpaired) electrons. The van der Waals surface area contributed by atoms with Crippen LogP contribution < -0.4 is 0 Å². The predicted octanol–water partition coefficient (Wildman–Crippen LogP) is 27.1. The van der Waals surface area contributed by atoms with E-state index in [4.69, 9.17) is 15.0 Å². The van der Waals surface area contributed by atoms with Crippen LogP contribution in [0.4, 0.5) is 0 Å². The zero-order valence-corrected chi connectivity index (χ0v) is 64.7. The lowest BCUT2D eigenvalue weighted by molar-refractivity contribution is 0.660. The molecule has 6 nitrogen and oxygen atoms in total. The lowest BCUT2D eigenvalue weighted by Gasteiger charge is -2.34. The van der Waals surface area contributed by atoms with E-state index >= 15 is 0 Å². The van der Waals surface area contributed by atoms with Crippen LogP contribution in [0, 0.1) is 0 Å². The van der Waals surface area contributed by atoms with Gasteiger partial charge in [-0.1, -0.05) is 302 Å². The highest BCUT2D eigenvalue weighted by atomic mass is 15.3. The van der Waals surface area contributed by atoms with E-state index in [1.165, 1.54) is 111 Å². The first-order valence-electron chi connectivity index (χ1n) is 40.3. The maximum absolute atomic E-state index is 5.83. The Morgan fingerprint density at radius 2 is 0.504 bits per heavy atom. The average molecular weight is 1470 g/mol. The molecule has 4 heterocycles. The Hall–Kier alpha value is -14.1. The molecular formula is C109H76N6. The van der Waals surface area contributed by atoms with Gasteiger partial charge in [-0.15, -0.1) is 0 Å². The van der Waals surface area contributed by atoms with Crippen LogP contribution in [-0.2, 0) is 21.7 Å². The minimum atomic E-state index is -0.809. The summed E-state index contributed by atoms with van der Waals surface area (Å²) in [6.45, 7) is 14.1. The van der Waals surface area contributed by atoms with Crippen LogP contribution >= 0.6 is 0 Å². The van der Waals surface area contributed by atoms with Gasteiger partial charge in [-0.25, -0.2) is 0 Å². The van der Waals surface area contributed by atoms with Crippen LogP contribution in [0.2, 0.25) is 0 Å². The smallest absolute Gasteiger partial charge is 0.240 e. The molecule has 24 rings (SSSR count). The second-order valence-corrected chi connectivity index (χ2v) is 33.8. The Morgan fingerprint density at radius 3 is 0.930 bits per heavy atom. The first-order chi connectivity index (χ1) is 56.3. The summed E-state index contributed by atoms with van der Waals surface area (Å²) >= 11 is 0. The lowest BCUT2D eigenvalue weighted by Crippen LogP contribution is -2.28. The highest BCUT2D eigenvalue weighted by Gasteiger charge is 2.47. The second kappa shape index (κ2) is 23.7. The summed E-state index contributed by atoms with van der Waals surface area (Å²) < 4.78 is 7.04. The number of aromatic nitrogens is 6. The first-order valence-corrected chi connectivity index (χ1v) is 40.3. The summed E-state index contributed by atoms with van der Waals surface area (Å²) in [5.41, 5.74) is 37.3. The van der Waals surface area contributed by atoms with Crippen LogP contribution in [0.1, 0.15) is 97.2 Å². The zero-order valence-electron chi connectivity index (χ0n) is 64.7. The maximum atomic E-state index is 5.83. The zero-order chi connectivity index (χ0) is 76.5. The number of benzene rings is 16. The lowest BCUT2D eigenvalue weighted by atomic mass is 9.67. The second-order valence-electron chi connectivity index (χ2n) is 33.8. The van der Waals surface area contributed by atoms with Gasteiger partial charge < -0.3 is 4.57 Å². The van der Waals surface area contributed by atoms with E-state index in [1.807, 2.05) is 0 Å². The van der Waals surface area contributed by atoms with Crippen molar-refractivity contribution >= 4 is 65.4 Å². The maximum Gasteiger partial charge on any atom is 0.240 e. The monoisotopic (exact) mass is 1470 g/mol. The molecule has 4 aliphatic rings. The first kappa shape index (κ1) is 65.6. The van der Waals surface area contributed by atoms with Gasteiger partial charge in [-0.2, -0.15) is 15.0 Å². The Morgan fingerprint density at radius 1 is 0.200 bits per heavy atom. The van der Waals surface area contributed by atoms with Crippen molar-refractivity contribution in [3.63, 3.8) is 0 Å². The molecule has 115 heavy (non-hydrogen) atoms. The van der Waals surface area contributed by atoms with Gasteiger partial charge in [0.25, 0.3) is 0 Å². The molecule has 4 aromatic heterocycles. The highest BCUT2D eigenvalue weighted by molar-refractivity contribution is 6.13. The largest absolute Gasteiger partial charge is 0.309 e. The quantitative estimate of drug-likeness (QED) is 0.145. The molecule has 0 amide bonds. The number of nitrogens with zero attached hydrogens (tertiary/aromatic N) is 6. The third-order valence-corrected chi connectivity index (χ3v) is 26.8. The summed E-state index contributed by atoms with van der Waals surface area (Å²) in [4.78, 5) is 17.5. The molecule has 0 saturated heterocycles. The third-order valence-electron chi connectivity index (χ3n) is 26.8. The Kier molecular flexibility index (Phi) is 13.6. The molecule has 16 aromatic carbocycles. The minimum Gasteiger partial charge on any atom is -0.309 e. The van der Waals surface area contributed by atoms with Gasteiger partial charge in [-0.3, -0.25) is 9.13 Å². The molecule has 0 spiro atoms. The van der Waals surface area contributed by atoms with E-state index in [9.17, 15) is 0 Å². The normalized spacial score (nSPS) is 14.6. The van der Waals surface area contributed by atoms with Crippen molar-refractivity contribution < 1.29 is 0 Å². The van der Waals surface area contributed by atoms with Crippen LogP contribution in [0.5, 0.6) is 0 Å². The van der Waals surface area contributed by atoms with E-state index in [-0.39, 0.29) is 16.2 Å². The molecule has 0 fully saturated rings. The standard InChI is InChI=1S/C109H76N6/c1-106(2)89-35-19-13-29-75(89)83-57-65(42-51-92(83)106)68-45-54-100-86(60-68)80-32-16-22-38-97(80)113(100)74-48-50-79-78-49-41-71(63-95(78)109(96(79)64-74,72-25-9-7-10-26-72)73-27-11-8-12-28-73)103-110-104(114-98-39-23-17-33-81(98)87-61-69(46-55-101(87)114)66-43-52-93-84(58-66)76-30-14-20-36-90(76)107(93,3)4)112-105(111-103)115-99-40-24-18-34-82(99)88-62-70(47-56-102(88)115)67-44-53-94-85(59-67)77-31-15-21-37-91(77)108(94,5)6/h7-64H,1-6H3. The highest BCUT2D eigenvalue weighted by Crippen LogP contribution is 2.59. The molecule has 0 saturated carbocycles. The molecule has 542 valence electrons. The predicted molar refractivity (Wildman–Crippen MR) is 475 cm³/mol. The van der Waals surface area contributed by atoms with Gasteiger partial charge >= 0.3 is 0 Å². The molecule has 4 aliphatic carbocycles. The van der Waals surface area contributed by atoms with Crippen LogP contribution in [0.3, 0.4) is 0 Å². The molecule has 0 aliphatic heterocycles. The van der Waals surface area contributed by atoms with Gasteiger partial charge in [0.15, 0.2) is 5.82 Å².